The first kappa shape index (κ1) is 10.1. The van der Waals surface area contributed by atoms with Gasteiger partial charge in [0.05, 0.1) is 4.92 Å². The summed E-state index contributed by atoms with van der Waals surface area (Å²) in [6.45, 7) is 0. The zero-order chi connectivity index (χ0) is 11.2. The molecule has 2 rings (SSSR count). The molecular weight excluding hydrogens is 290 g/mol. The molecule has 0 aliphatic heterocycles. The third kappa shape index (κ3) is 1.51. The molecule has 2 aromatic rings. The SMILES string of the molecule is O=c1oc2cc(Br)c([O-])c([N+](=O)[O-])c2s1. The molecule has 0 bridgehead atoms. The van der Waals surface area contributed by atoms with E-state index in [0.29, 0.717) is 11.3 Å². The summed E-state index contributed by atoms with van der Waals surface area (Å²) in [5.41, 5.74) is -0.585. The van der Waals surface area contributed by atoms with E-state index in [1.165, 1.54) is 6.07 Å². The Bertz CT molecular complexity index is 616. The number of nitro benzene ring substituents is 1. The van der Waals surface area contributed by atoms with Crippen molar-refractivity contribution in [1.29, 1.82) is 0 Å². The molecule has 1 aromatic heterocycles. The number of fused-ring (bicyclic) bond motifs is 1. The Hall–Kier alpha value is -1.41. The lowest BCUT2D eigenvalue weighted by Crippen LogP contribution is -1.98. The van der Waals surface area contributed by atoms with E-state index in [9.17, 15) is 20.0 Å². The van der Waals surface area contributed by atoms with Gasteiger partial charge in [0.1, 0.15) is 0 Å². The molecule has 0 aliphatic carbocycles. The van der Waals surface area contributed by atoms with Gasteiger partial charge in [-0.05, 0) is 23.2 Å². The van der Waals surface area contributed by atoms with Crippen LogP contribution in [0.15, 0.2) is 19.8 Å². The van der Waals surface area contributed by atoms with Gasteiger partial charge in [0.15, 0.2) is 10.3 Å². The predicted octanol–water partition coefficient (Wildman–Crippen LogP) is 1.60. The fraction of sp³-hybridized carbons (Fsp3) is 0. The minimum absolute atomic E-state index is 0.00301. The lowest BCUT2D eigenvalue weighted by molar-refractivity contribution is -0.396. The number of rotatable bonds is 1. The third-order valence-corrected chi connectivity index (χ3v) is 3.13. The van der Waals surface area contributed by atoms with Gasteiger partial charge < -0.3 is 9.52 Å². The highest BCUT2D eigenvalue weighted by Crippen LogP contribution is 2.39. The van der Waals surface area contributed by atoms with Crippen molar-refractivity contribution in [3.05, 3.63) is 30.4 Å². The van der Waals surface area contributed by atoms with Gasteiger partial charge in [-0.25, -0.2) is 4.79 Å². The quantitative estimate of drug-likeness (QED) is 0.587. The Balaban J connectivity index is 3.01. The molecule has 1 heterocycles. The third-order valence-electron chi connectivity index (χ3n) is 1.69. The molecular formula is C7HBrNO5S-. The number of hydrogen-bond donors (Lipinski definition) is 0. The van der Waals surface area contributed by atoms with Crippen LogP contribution in [0.3, 0.4) is 0 Å². The topological polar surface area (TPSA) is 96.4 Å². The summed E-state index contributed by atoms with van der Waals surface area (Å²) in [6.07, 6.45) is 0. The van der Waals surface area contributed by atoms with Crippen LogP contribution in [0.5, 0.6) is 5.75 Å². The first-order chi connectivity index (χ1) is 7.00. The Kier molecular flexibility index (Phi) is 2.24. The maximum atomic E-state index is 11.4. The van der Waals surface area contributed by atoms with Crippen LogP contribution in [0.4, 0.5) is 5.69 Å². The van der Waals surface area contributed by atoms with Crippen LogP contribution in [0.1, 0.15) is 0 Å². The first-order valence-electron chi connectivity index (χ1n) is 3.58. The summed E-state index contributed by atoms with van der Waals surface area (Å²) in [5, 5.41) is 22.1. The first-order valence-corrected chi connectivity index (χ1v) is 5.19. The van der Waals surface area contributed by atoms with Crippen LogP contribution in [0, 0.1) is 10.1 Å². The summed E-state index contributed by atoms with van der Waals surface area (Å²) in [5.74, 6) is -0.760. The lowest BCUT2D eigenvalue weighted by atomic mass is 10.3. The van der Waals surface area contributed by atoms with Crippen molar-refractivity contribution in [1.82, 2.24) is 0 Å². The van der Waals surface area contributed by atoms with Gasteiger partial charge >= 0.3 is 4.94 Å². The van der Waals surface area contributed by atoms with Crippen LogP contribution >= 0.6 is 27.3 Å². The van der Waals surface area contributed by atoms with E-state index in [-0.39, 0.29) is 14.8 Å². The average molecular weight is 291 g/mol. The Morgan fingerprint density at radius 1 is 1.53 bits per heavy atom. The van der Waals surface area contributed by atoms with Gasteiger partial charge in [0, 0.05) is 4.47 Å². The second kappa shape index (κ2) is 3.31. The van der Waals surface area contributed by atoms with Crippen LogP contribution < -0.4 is 10.0 Å². The zero-order valence-corrected chi connectivity index (χ0v) is 9.25. The molecule has 0 saturated heterocycles. The van der Waals surface area contributed by atoms with E-state index in [2.05, 4.69) is 20.3 Å². The summed E-state index contributed by atoms with van der Waals surface area (Å²) in [4.78, 5) is 20.0. The van der Waals surface area contributed by atoms with Crippen LogP contribution in [-0.2, 0) is 0 Å². The molecule has 0 amide bonds. The van der Waals surface area contributed by atoms with E-state index >= 15 is 0 Å². The number of halogens is 1. The Morgan fingerprint density at radius 3 is 2.80 bits per heavy atom. The van der Waals surface area contributed by atoms with Gasteiger partial charge in [0.2, 0.25) is 0 Å². The van der Waals surface area contributed by atoms with Crippen molar-refractivity contribution in [2.24, 2.45) is 0 Å². The second-order valence-electron chi connectivity index (χ2n) is 2.57. The van der Waals surface area contributed by atoms with Crippen molar-refractivity contribution in [3.63, 3.8) is 0 Å². The molecule has 0 N–H and O–H groups in total. The second-order valence-corrected chi connectivity index (χ2v) is 4.37. The van der Waals surface area contributed by atoms with Crippen LogP contribution in [0.2, 0.25) is 0 Å². The van der Waals surface area contributed by atoms with Gasteiger partial charge in [0.25, 0.3) is 5.69 Å². The summed E-state index contributed by atoms with van der Waals surface area (Å²) in [6, 6.07) is 1.25. The highest BCUT2D eigenvalue weighted by atomic mass is 79.9. The molecule has 0 spiro atoms. The standard InChI is InChI=1S/C7H2BrNO5S/c8-2-1-3-6(15-7(11)14-3)4(5(2)10)9(12)13/h1,10H/p-1. The van der Waals surface area contributed by atoms with Crippen molar-refractivity contribution in [2.45, 2.75) is 0 Å². The molecule has 78 valence electrons. The molecule has 0 atom stereocenters. The van der Waals surface area contributed by atoms with Gasteiger partial charge in [-0.15, -0.1) is 0 Å². The normalized spacial score (nSPS) is 10.7. The number of nitro groups is 1. The van der Waals surface area contributed by atoms with Gasteiger partial charge in [-0.1, -0.05) is 15.9 Å². The van der Waals surface area contributed by atoms with Crippen molar-refractivity contribution in [2.75, 3.05) is 0 Å². The molecule has 0 saturated carbocycles. The van der Waals surface area contributed by atoms with E-state index < -0.39 is 21.3 Å². The van der Waals surface area contributed by atoms with E-state index in [0.717, 1.165) is 0 Å². The number of benzene rings is 1. The zero-order valence-electron chi connectivity index (χ0n) is 6.85. The molecule has 6 nitrogen and oxygen atoms in total. The number of hydrogen-bond acceptors (Lipinski definition) is 6. The van der Waals surface area contributed by atoms with Gasteiger partial charge in [-0.3, -0.25) is 10.1 Å². The minimum Gasteiger partial charge on any atom is -0.867 e. The molecule has 0 radical (unpaired) electrons. The van der Waals surface area contributed by atoms with Crippen LogP contribution in [0.25, 0.3) is 10.3 Å². The van der Waals surface area contributed by atoms with Crippen molar-refractivity contribution >= 4 is 43.2 Å². The highest BCUT2D eigenvalue weighted by Gasteiger charge is 2.19. The Morgan fingerprint density at radius 2 is 2.20 bits per heavy atom. The summed E-state index contributed by atoms with van der Waals surface area (Å²) in [7, 11) is 0. The van der Waals surface area contributed by atoms with Crippen LogP contribution in [-0.4, -0.2) is 4.92 Å². The molecule has 15 heavy (non-hydrogen) atoms. The van der Waals surface area contributed by atoms with E-state index in [4.69, 9.17) is 0 Å². The summed E-state index contributed by atoms with van der Waals surface area (Å²) >= 11 is 3.42. The largest absolute Gasteiger partial charge is 0.867 e. The van der Waals surface area contributed by atoms with E-state index in [1.807, 2.05) is 0 Å². The molecule has 8 heteroatoms. The lowest BCUT2D eigenvalue weighted by Gasteiger charge is -2.08. The maximum Gasteiger partial charge on any atom is 0.396 e. The molecule has 0 aliphatic rings. The number of nitrogens with zero attached hydrogens (tertiary/aromatic N) is 1. The highest BCUT2D eigenvalue weighted by molar-refractivity contribution is 9.10. The monoisotopic (exact) mass is 290 g/mol. The predicted molar refractivity (Wildman–Crippen MR) is 54.2 cm³/mol. The minimum atomic E-state index is -0.819. The molecule has 1 aromatic carbocycles. The average Bonchev–Trinajstić information content (AvgIpc) is 2.46. The fourth-order valence-electron chi connectivity index (χ4n) is 1.11. The van der Waals surface area contributed by atoms with E-state index in [1.54, 1.807) is 0 Å². The molecule has 0 fully saturated rings. The Labute approximate surface area is 94.0 Å². The fourth-order valence-corrected chi connectivity index (χ4v) is 2.27. The van der Waals surface area contributed by atoms with Crippen molar-refractivity contribution < 1.29 is 14.4 Å². The maximum absolute atomic E-state index is 11.4. The summed E-state index contributed by atoms with van der Waals surface area (Å²) < 4.78 is 4.66. The van der Waals surface area contributed by atoms with Crippen molar-refractivity contribution in [3.8, 4) is 5.75 Å². The molecule has 0 unspecified atom stereocenters. The smallest absolute Gasteiger partial charge is 0.396 e. The van der Waals surface area contributed by atoms with Gasteiger partial charge in [-0.2, -0.15) is 0 Å².